The molecule has 0 spiro atoms. The van der Waals surface area contributed by atoms with Crippen molar-refractivity contribution in [3.8, 4) is 0 Å². The molecular weight excluding hydrogens is 328 g/mol. The van der Waals surface area contributed by atoms with Crippen LogP contribution in [-0.4, -0.2) is 41.5 Å². The zero-order chi connectivity index (χ0) is 17.4. The third-order valence-electron chi connectivity index (χ3n) is 4.37. The lowest BCUT2D eigenvalue weighted by Crippen LogP contribution is -2.39. The lowest BCUT2D eigenvalue weighted by Gasteiger charge is -2.33. The Bertz CT molecular complexity index is 596. The van der Waals surface area contributed by atoms with Gasteiger partial charge in [0.15, 0.2) is 0 Å². The van der Waals surface area contributed by atoms with Gasteiger partial charge in [-0.3, -0.25) is 9.59 Å². The Balaban J connectivity index is 1.80. The highest BCUT2D eigenvalue weighted by Gasteiger charge is 2.24. The number of rotatable bonds is 6. The van der Waals surface area contributed by atoms with Crippen LogP contribution < -0.4 is 5.32 Å². The van der Waals surface area contributed by atoms with Crippen molar-refractivity contribution in [2.24, 2.45) is 0 Å². The minimum atomic E-state index is -0.294. The van der Waals surface area contributed by atoms with E-state index < -0.39 is 0 Å². The summed E-state index contributed by atoms with van der Waals surface area (Å²) in [7, 11) is 0. The van der Waals surface area contributed by atoms with Gasteiger partial charge in [-0.25, -0.2) is 0 Å². The van der Waals surface area contributed by atoms with Gasteiger partial charge in [0, 0.05) is 37.7 Å². The largest absolute Gasteiger partial charge is 0.392 e. The monoisotopic (exact) mass is 350 g/mol. The zero-order valence-electron chi connectivity index (χ0n) is 13.6. The third kappa shape index (κ3) is 5.08. The second-order valence-electron chi connectivity index (χ2n) is 5.85. The minimum Gasteiger partial charge on any atom is -0.392 e. The molecule has 0 saturated carbocycles. The summed E-state index contributed by atoms with van der Waals surface area (Å²) < 4.78 is 0. The first-order valence-corrected chi connectivity index (χ1v) is 8.60. The molecule has 1 saturated heterocycles. The first-order valence-electron chi connectivity index (χ1n) is 8.16. The standard InChI is InChI=1S/C18H23ClN2O3/c19-9-5-17(23)20-10-6-18(24)21-11-7-14(8-12-21)16-4-2-1-3-15(16)13-22/h1-5,9,14,22H,6-8,10-13H2,(H,20,23)/b9-5+. The molecule has 0 atom stereocenters. The molecule has 2 amide bonds. The molecule has 0 bridgehead atoms. The maximum absolute atomic E-state index is 12.2. The molecule has 1 aliphatic rings. The Morgan fingerprint density at radius 1 is 1.29 bits per heavy atom. The van der Waals surface area contributed by atoms with Crippen molar-refractivity contribution < 1.29 is 14.7 Å². The summed E-state index contributed by atoms with van der Waals surface area (Å²) in [5.41, 5.74) is 3.30. The van der Waals surface area contributed by atoms with E-state index in [9.17, 15) is 14.7 Å². The van der Waals surface area contributed by atoms with E-state index >= 15 is 0 Å². The van der Waals surface area contributed by atoms with E-state index in [1.54, 1.807) is 0 Å². The number of carbonyl (C=O) groups is 2. The van der Waals surface area contributed by atoms with Crippen LogP contribution in [0.25, 0.3) is 0 Å². The molecule has 0 aromatic heterocycles. The lowest BCUT2D eigenvalue weighted by molar-refractivity contribution is -0.132. The summed E-state index contributed by atoms with van der Waals surface area (Å²) in [4.78, 5) is 25.3. The fourth-order valence-electron chi connectivity index (χ4n) is 3.08. The molecule has 24 heavy (non-hydrogen) atoms. The number of amides is 2. The van der Waals surface area contributed by atoms with Gasteiger partial charge < -0.3 is 15.3 Å². The molecule has 5 nitrogen and oxygen atoms in total. The Morgan fingerprint density at radius 2 is 2.00 bits per heavy atom. The highest BCUT2D eigenvalue weighted by atomic mass is 35.5. The van der Waals surface area contributed by atoms with E-state index in [1.807, 2.05) is 23.1 Å². The Kier molecular flexibility index (Phi) is 7.28. The van der Waals surface area contributed by atoms with Crippen LogP contribution in [0.5, 0.6) is 0 Å². The van der Waals surface area contributed by atoms with Gasteiger partial charge in [-0.15, -0.1) is 0 Å². The van der Waals surface area contributed by atoms with Crippen LogP contribution in [-0.2, 0) is 16.2 Å². The van der Waals surface area contributed by atoms with Crippen LogP contribution in [0.4, 0.5) is 0 Å². The molecule has 2 N–H and O–H groups in total. The predicted octanol–water partition coefficient (Wildman–Crippen LogP) is 2.14. The van der Waals surface area contributed by atoms with Crippen molar-refractivity contribution in [2.75, 3.05) is 19.6 Å². The summed E-state index contributed by atoms with van der Waals surface area (Å²) >= 11 is 5.31. The quantitative estimate of drug-likeness (QED) is 0.772. The zero-order valence-corrected chi connectivity index (χ0v) is 14.3. The summed E-state index contributed by atoms with van der Waals surface area (Å²) in [6.45, 7) is 1.77. The number of hydrogen-bond donors (Lipinski definition) is 2. The number of aliphatic hydroxyl groups is 1. The summed E-state index contributed by atoms with van der Waals surface area (Å²) in [6, 6.07) is 7.93. The van der Waals surface area contributed by atoms with Gasteiger partial charge >= 0.3 is 0 Å². The Labute approximate surface area is 147 Å². The second kappa shape index (κ2) is 9.45. The van der Waals surface area contributed by atoms with Crippen molar-refractivity contribution in [3.63, 3.8) is 0 Å². The van der Waals surface area contributed by atoms with Gasteiger partial charge in [0.2, 0.25) is 11.8 Å². The number of aliphatic hydroxyl groups excluding tert-OH is 1. The average Bonchev–Trinajstić information content (AvgIpc) is 2.62. The number of piperidine rings is 1. The van der Waals surface area contributed by atoms with Gasteiger partial charge in [0.05, 0.1) is 6.61 Å². The first kappa shape index (κ1) is 18.5. The van der Waals surface area contributed by atoms with E-state index in [4.69, 9.17) is 11.6 Å². The molecule has 1 aromatic rings. The molecule has 1 aliphatic heterocycles. The molecule has 130 valence electrons. The van der Waals surface area contributed by atoms with E-state index in [0.717, 1.165) is 23.9 Å². The number of nitrogens with zero attached hydrogens (tertiary/aromatic N) is 1. The van der Waals surface area contributed by atoms with Crippen molar-refractivity contribution in [2.45, 2.75) is 31.8 Å². The maximum Gasteiger partial charge on any atom is 0.244 e. The van der Waals surface area contributed by atoms with Crippen LogP contribution in [0.1, 0.15) is 36.3 Å². The Hall–Kier alpha value is -1.85. The molecule has 1 heterocycles. The van der Waals surface area contributed by atoms with Crippen LogP contribution in [0.3, 0.4) is 0 Å². The SMILES string of the molecule is O=C(/C=C/Cl)NCCC(=O)N1CCC(c2ccccc2CO)CC1. The van der Waals surface area contributed by atoms with E-state index in [1.165, 1.54) is 11.6 Å². The lowest BCUT2D eigenvalue weighted by atomic mass is 9.86. The topological polar surface area (TPSA) is 69.6 Å². The van der Waals surface area contributed by atoms with E-state index in [0.29, 0.717) is 32.0 Å². The number of likely N-dealkylation sites (tertiary alicyclic amines) is 1. The highest BCUT2D eigenvalue weighted by Crippen LogP contribution is 2.30. The average molecular weight is 351 g/mol. The number of carbonyl (C=O) groups excluding carboxylic acids is 2. The van der Waals surface area contributed by atoms with Crippen molar-refractivity contribution in [3.05, 3.63) is 47.0 Å². The van der Waals surface area contributed by atoms with Crippen LogP contribution in [0, 0.1) is 0 Å². The van der Waals surface area contributed by atoms with Crippen molar-refractivity contribution in [1.82, 2.24) is 10.2 Å². The third-order valence-corrected chi connectivity index (χ3v) is 4.49. The summed E-state index contributed by atoms with van der Waals surface area (Å²) in [5.74, 6) is 0.141. The fourth-order valence-corrected chi connectivity index (χ4v) is 3.20. The summed E-state index contributed by atoms with van der Waals surface area (Å²) in [6.07, 6.45) is 3.30. The fraction of sp³-hybridized carbons (Fsp3) is 0.444. The molecule has 6 heteroatoms. The van der Waals surface area contributed by atoms with Gasteiger partial charge in [0.25, 0.3) is 0 Å². The predicted molar refractivity (Wildman–Crippen MR) is 93.5 cm³/mol. The molecule has 0 radical (unpaired) electrons. The minimum absolute atomic E-state index is 0.0474. The molecule has 1 fully saturated rings. The van der Waals surface area contributed by atoms with E-state index in [-0.39, 0.29) is 18.4 Å². The van der Waals surface area contributed by atoms with Gasteiger partial charge in [-0.1, -0.05) is 35.9 Å². The normalized spacial score (nSPS) is 15.7. The molecule has 0 aliphatic carbocycles. The smallest absolute Gasteiger partial charge is 0.244 e. The number of benzene rings is 1. The van der Waals surface area contributed by atoms with Crippen LogP contribution >= 0.6 is 11.6 Å². The van der Waals surface area contributed by atoms with Crippen LogP contribution in [0.15, 0.2) is 35.9 Å². The molecule has 2 rings (SSSR count). The first-order chi connectivity index (χ1) is 11.7. The van der Waals surface area contributed by atoms with E-state index in [2.05, 4.69) is 11.4 Å². The molecular formula is C18H23ClN2O3. The number of halogens is 1. The second-order valence-corrected chi connectivity index (χ2v) is 6.10. The van der Waals surface area contributed by atoms with Crippen molar-refractivity contribution >= 4 is 23.4 Å². The number of hydrogen-bond acceptors (Lipinski definition) is 3. The number of nitrogens with one attached hydrogen (secondary N) is 1. The maximum atomic E-state index is 12.2. The molecule has 0 unspecified atom stereocenters. The highest BCUT2D eigenvalue weighted by molar-refractivity contribution is 6.26. The van der Waals surface area contributed by atoms with Gasteiger partial charge in [-0.2, -0.15) is 0 Å². The Morgan fingerprint density at radius 3 is 2.67 bits per heavy atom. The summed E-state index contributed by atoms with van der Waals surface area (Å²) in [5, 5.41) is 12.1. The van der Waals surface area contributed by atoms with Crippen molar-refractivity contribution in [1.29, 1.82) is 0 Å². The van der Waals surface area contributed by atoms with Gasteiger partial charge in [0.1, 0.15) is 0 Å². The molecule has 1 aromatic carbocycles. The van der Waals surface area contributed by atoms with Gasteiger partial charge in [-0.05, 0) is 29.9 Å². The van der Waals surface area contributed by atoms with Crippen LogP contribution in [0.2, 0.25) is 0 Å².